The van der Waals surface area contributed by atoms with Gasteiger partial charge in [-0.15, -0.1) is 0 Å². The molecule has 3 heteroatoms. The SMILES string of the molecule is CCC1CCC(C)N1Cc1cccc(Cl)c1O. The highest BCUT2D eigenvalue weighted by atomic mass is 35.5. The Balaban J connectivity index is 2.17. The summed E-state index contributed by atoms with van der Waals surface area (Å²) in [6.45, 7) is 5.29. The molecule has 1 fully saturated rings. The Kier molecular flexibility index (Phi) is 3.95. The molecule has 2 nitrogen and oxygen atoms in total. The second kappa shape index (κ2) is 5.28. The summed E-state index contributed by atoms with van der Waals surface area (Å²) in [5.74, 6) is 0.239. The number of hydrogen-bond acceptors (Lipinski definition) is 2. The lowest BCUT2D eigenvalue weighted by Gasteiger charge is -2.28. The zero-order chi connectivity index (χ0) is 12.4. The van der Waals surface area contributed by atoms with E-state index in [1.165, 1.54) is 19.3 Å². The third kappa shape index (κ3) is 2.58. The monoisotopic (exact) mass is 253 g/mol. The first kappa shape index (κ1) is 12.7. The van der Waals surface area contributed by atoms with Gasteiger partial charge in [-0.2, -0.15) is 0 Å². The van der Waals surface area contributed by atoms with Gasteiger partial charge in [-0.25, -0.2) is 0 Å². The van der Waals surface area contributed by atoms with Crippen LogP contribution in [0.25, 0.3) is 0 Å². The first-order valence-corrected chi connectivity index (χ1v) is 6.73. The molecule has 2 atom stereocenters. The van der Waals surface area contributed by atoms with Gasteiger partial charge in [-0.1, -0.05) is 30.7 Å². The highest BCUT2D eigenvalue weighted by Gasteiger charge is 2.29. The standard InChI is InChI=1S/C14H20ClNO/c1-3-12-8-7-10(2)16(12)9-11-5-4-6-13(15)14(11)17/h4-6,10,12,17H,3,7-9H2,1-2H3. The molecule has 0 bridgehead atoms. The fourth-order valence-electron chi connectivity index (χ4n) is 2.73. The van der Waals surface area contributed by atoms with Crippen molar-refractivity contribution in [3.8, 4) is 5.75 Å². The van der Waals surface area contributed by atoms with Gasteiger partial charge in [0.05, 0.1) is 5.02 Å². The Morgan fingerprint density at radius 1 is 1.41 bits per heavy atom. The minimum absolute atomic E-state index is 0.239. The highest BCUT2D eigenvalue weighted by molar-refractivity contribution is 6.32. The van der Waals surface area contributed by atoms with E-state index in [1.807, 2.05) is 12.1 Å². The van der Waals surface area contributed by atoms with Crippen LogP contribution in [0.2, 0.25) is 5.02 Å². The van der Waals surface area contributed by atoms with Crippen LogP contribution in [0.1, 0.15) is 38.7 Å². The molecule has 0 amide bonds. The van der Waals surface area contributed by atoms with Gasteiger partial charge in [-0.05, 0) is 32.3 Å². The van der Waals surface area contributed by atoms with Gasteiger partial charge in [-0.3, -0.25) is 4.90 Å². The van der Waals surface area contributed by atoms with E-state index in [2.05, 4.69) is 18.7 Å². The van der Waals surface area contributed by atoms with Crippen molar-refractivity contribution >= 4 is 11.6 Å². The molecule has 1 aliphatic rings. The summed E-state index contributed by atoms with van der Waals surface area (Å²) >= 11 is 5.94. The Morgan fingerprint density at radius 3 is 2.88 bits per heavy atom. The summed E-state index contributed by atoms with van der Waals surface area (Å²) < 4.78 is 0. The molecule has 0 saturated carbocycles. The number of halogens is 1. The van der Waals surface area contributed by atoms with Gasteiger partial charge < -0.3 is 5.11 Å². The van der Waals surface area contributed by atoms with Crippen LogP contribution in [-0.2, 0) is 6.54 Å². The van der Waals surface area contributed by atoms with E-state index in [4.69, 9.17) is 11.6 Å². The van der Waals surface area contributed by atoms with Crippen molar-refractivity contribution in [1.82, 2.24) is 4.90 Å². The predicted octanol–water partition coefficient (Wildman–Crippen LogP) is 3.81. The lowest BCUT2D eigenvalue weighted by atomic mass is 10.1. The van der Waals surface area contributed by atoms with Gasteiger partial charge in [0.2, 0.25) is 0 Å². The number of rotatable bonds is 3. The fraction of sp³-hybridized carbons (Fsp3) is 0.571. The topological polar surface area (TPSA) is 23.5 Å². The molecule has 1 aromatic carbocycles. The largest absolute Gasteiger partial charge is 0.506 e. The van der Waals surface area contributed by atoms with Crippen LogP contribution in [0, 0.1) is 0 Å². The lowest BCUT2D eigenvalue weighted by molar-refractivity contribution is 0.187. The van der Waals surface area contributed by atoms with E-state index < -0.39 is 0 Å². The highest BCUT2D eigenvalue weighted by Crippen LogP contribution is 2.32. The third-order valence-electron chi connectivity index (χ3n) is 3.85. The molecule has 1 heterocycles. The Bertz CT molecular complexity index is 394. The molecule has 0 aromatic heterocycles. The van der Waals surface area contributed by atoms with E-state index >= 15 is 0 Å². The number of benzene rings is 1. The maximum Gasteiger partial charge on any atom is 0.138 e. The average molecular weight is 254 g/mol. The average Bonchev–Trinajstić information content (AvgIpc) is 2.66. The molecule has 1 aliphatic heterocycles. The second-order valence-electron chi connectivity index (χ2n) is 4.91. The Morgan fingerprint density at radius 2 is 2.18 bits per heavy atom. The number of hydrogen-bond donors (Lipinski definition) is 1. The maximum absolute atomic E-state index is 9.94. The molecule has 2 unspecified atom stereocenters. The minimum atomic E-state index is 0.239. The van der Waals surface area contributed by atoms with Crippen LogP contribution in [-0.4, -0.2) is 22.1 Å². The molecule has 17 heavy (non-hydrogen) atoms. The number of aromatic hydroxyl groups is 1. The first-order valence-electron chi connectivity index (χ1n) is 6.35. The smallest absolute Gasteiger partial charge is 0.138 e. The van der Waals surface area contributed by atoms with Gasteiger partial charge in [0.25, 0.3) is 0 Å². The van der Waals surface area contributed by atoms with Crippen molar-refractivity contribution in [2.24, 2.45) is 0 Å². The fourth-order valence-corrected chi connectivity index (χ4v) is 2.93. The number of para-hydroxylation sites is 1. The van der Waals surface area contributed by atoms with E-state index in [1.54, 1.807) is 6.07 Å². The molecule has 2 rings (SSSR count). The van der Waals surface area contributed by atoms with Crippen LogP contribution >= 0.6 is 11.6 Å². The van der Waals surface area contributed by atoms with Crippen molar-refractivity contribution < 1.29 is 5.11 Å². The third-order valence-corrected chi connectivity index (χ3v) is 4.15. The molecule has 0 radical (unpaired) electrons. The van der Waals surface area contributed by atoms with Crippen molar-refractivity contribution in [2.45, 2.75) is 51.7 Å². The summed E-state index contributed by atoms with van der Waals surface area (Å²) in [5, 5.41) is 10.4. The van der Waals surface area contributed by atoms with Crippen molar-refractivity contribution in [3.05, 3.63) is 28.8 Å². The predicted molar refractivity (Wildman–Crippen MR) is 71.4 cm³/mol. The zero-order valence-electron chi connectivity index (χ0n) is 10.5. The van der Waals surface area contributed by atoms with Crippen molar-refractivity contribution in [2.75, 3.05) is 0 Å². The van der Waals surface area contributed by atoms with Gasteiger partial charge in [0.15, 0.2) is 0 Å². The van der Waals surface area contributed by atoms with Crippen molar-refractivity contribution in [1.29, 1.82) is 0 Å². The number of likely N-dealkylation sites (tertiary alicyclic amines) is 1. The van der Waals surface area contributed by atoms with Gasteiger partial charge in [0.1, 0.15) is 5.75 Å². The molecular formula is C14H20ClNO. The van der Waals surface area contributed by atoms with Crippen LogP contribution in [0.4, 0.5) is 0 Å². The molecule has 94 valence electrons. The number of phenolic OH excluding ortho intramolecular Hbond substituents is 1. The second-order valence-corrected chi connectivity index (χ2v) is 5.32. The van der Waals surface area contributed by atoms with Crippen LogP contribution in [0.15, 0.2) is 18.2 Å². The molecule has 1 saturated heterocycles. The van der Waals surface area contributed by atoms with E-state index in [0.717, 1.165) is 12.1 Å². The summed E-state index contributed by atoms with van der Waals surface area (Å²) in [4.78, 5) is 2.48. The molecule has 0 spiro atoms. The maximum atomic E-state index is 9.94. The summed E-state index contributed by atoms with van der Waals surface area (Å²) in [7, 11) is 0. The van der Waals surface area contributed by atoms with Crippen molar-refractivity contribution in [3.63, 3.8) is 0 Å². The van der Waals surface area contributed by atoms with Gasteiger partial charge >= 0.3 is 0 Å². The number of phenols is 1. The minimum Gasteiger partial charge on any atom is -0.506 e. The Labute approximate surface area is 108 Å². The molecular weight excluding hydrogens is 234 g/mol. The van der Waals surface area contributed by atoms with E-state index in [0.29, 0.717) is 17.1 Å². The Hall–Kier alpha value is -0.730. The summed E-state index contributed by atoms with van der Waals surface area (Å²) in [5.41, 5.74) is 0.935. The van der Waals surface area contributed by atoms with Crippen LogP contribution in [0.5, 0.6) is 5.75 Å². The number of nitrogens with zero attached hydrogens (tertiary/aromatic N) is 1. The first-order chi connectivity index (χ1) is 8.13. The zero-order valence-corrected chi connectivity index (χ0v) is 11.2. The summed E-state index contributed by atoms with van der Waals surface area (Å²) in [6.07, 6.45) is 3.69. The molecule has 0 aliphatic carbocycles. The normalized spacial score (nSPS) is 25.4. The van der Waals surface area contributed by atoms with Crippen LogP contribution < -0.4 is 0 Å². The quantitative estimate of drug-likeness (QED) is 0.886. The lowest BCUT2D eigenvalue weighted by Crippen LogP contribution is -2.33. The molecule has 1 N–H and O–H groups in total. The van der Waals surface area contributed by atoms with E-state index in [9.17, 15) is 5.11 Å². The summed E-state index contributed by atoms with van der Waals surface area (Å²) in [6, 6.07) is 6.82. The van der Waals surface area contributed by atoms with Crippen LogP contribution in [0.3, 0.4) is 0 Å². The van der Waals surface area contributed by atoms with Gasteiger partial charge in [0, 0.05) is 24.2 Å². The van der Waals surface area contributed by atoms with E-state index in [-0.39, 0.29) is 5.75 Å². The molecule has 1 aromatic rings.